The number of fused-ring (bicyclic) bond motifs is 1. The summed E-state index contributed by atoms with van der Waals surface area (Å²) in [5, 5.41) is 18.1. The summed E-state index contributed by atoms with van der Waals surface area (Å²) in [6.07, 6.45) is 0. The molecule has 3 aromatic rings. The Bertz CT molecular complexity index is 787. The lowest BCUT2D eigenvalue weighted by molar-refractivity contribution is 0.0554. The molecule has 22 heavy (non-hydrogen) atoms. The molecule has 2 aromatic heterocycles. The summed E-state index contributed by atoms with van der Waals surface area (Å²) in [4.78, 5) is 12.8. The molecule has 1 amide bonds. The van der Waals surface area contributed by atoms with Crippen LogP contribution in [0, 0.1) is 6.92 Å². The predicted molar refractivity (Wildman–Crippen MR) is 85.0 cm³/mol. The average molecular weight is 316 g/mol. The minimum atomic E-state index is -1.14. The molecule has 0 bridgehead atoms. The Morgan fingerprint density at radius 3 is 2.86 bits per heavy atom. The van der Waals surface area contributed by atoms with Crippen molar-refractivity contribution in [2.45, 2.75) is 19.4 Å². The lowest BCUT2D eigenvalue weighted by atomic mass is 10.0. The Labute approximate surface area is 131 Å². The van der Waals surface area contributed by atoms with Crippen molar-refractivity contribution in [3.05, 3.63) is 52.7 Å². The third-order valence-corrected chi connectivity index (χ3v) is 4.78. The molecule has 1 aromatic carbocycles. The number of rotatable bonds is 4. The highest BCUT2D eigenvalue weighted by Gasteiger charge is 2.26. The highest BCUT2D eigenvalue weighted by atomic mass is 32.1. The molecule has 1 atom stereocenters. The molecule has 114 valence electrons. The summed E-state index contributed by atoms with van der Waals surface area (Å²) >= 11 is 1.52. The van der Waals surface area contributed by atoms with E-state index < -0.39 is 5.60 Å². The Hall–Kier alpha value is -2.18. The van der Waals surface area contributed by atoms with E-state index in [-0.39, 0.29) is 18.1 Å². The van der Waals surface area contributed by atoms with Gasteiger partial charge >= 0.3 is 0 Å². The van der Waals surface area contributed by atoms with Crippen molar-refractivity contribution in [2.75, 3.05) is 6.54 Å². The SMILES string of the molecule is Cc1cc(C(=O)NCC(C)(O)c2cc3ccccc3s2)no1. The van der Waals surface area contributed by atoms with E-state index in [0.717, 1.165) is 15.0 Å². The van der Waals surface area contributed by atoms with Crippen molar-refractivity contribution in [2.24, 2.45) is 0 Å². The normalized spacial score (nSPS) is 14.0. The van der Waals surface area contributed by atoms with Gasteiger partial charge in [-0.25, -0.2) is 0 Å². The van der Waals surface area contributed by atoms with Gasteiger partial charge in [-0.2, -0.15) is 0 Å². The van der Waals surface area contributed by atoms with Gasteiger partial charge in [0.15, 0.2) is 5.69 Å². The molecular weight excluding hydrogens is 300 g/mol. The van der Waals surface area contributed by atoms with E-state index in [1.54, 1.807) is 19.9 Å². The molecule has 3 rings (SSSR count). The van der Waals surface area contributed by atoms with Crippen LogP contribution < -0.4 is 5.32 Å². The molecule has 2 heterocycles. The van der Waals surface area contributed by atoms with Crippen LogP contribution in [0.1, 0.15) is 28.0 Å². The maximum absolute atomic E-state index is 12.0. The number of aromatic nitrogens is 1. The fraction of sp³-hybridized carbons (Fsp3) is 0.250. The lowest BCUT2D eigenvalue weighted by Crippen LogP contribution is -2.38. The molecular formula is C16H16N2O3S. The highest BCUT2D eigenvalue weighted by molar-refractivity contribution is 7.19. The van der Waals surface area contributed by atoms with Crippen LogP contribution in [0.5, 0.6) is 0 Å². The maximum atomic E-state index is 12.0. The van der Waals surface area contributed by atoms with Crippen molar-refractivity contribution >= 4 is 27.3 Å². The summed E-state index contributed by atoms with van der Waals surface area (Å²) < 4.78 is 5.98. The zero-order chi connectivity index (χ0) is 15.7. The lowest BCUT2D eigenvalue weighted by Gasteiger charge is -2.21. The molecule has 5 nitrogen and oxygen atoms in total. The molecule has 0 radical (unpaired) electrons. The number of nitrogens with one attached hydrogen (secondary N) is 1. The Morgan fingerprint density at radius 2 is 2.18 bits per heavy atom. The molecule has 0 saturated carbocycles. The summed E-state index contributed by atoms with van der Waals surface area (Å²) in [6, 6.07) is 11.4. The number of hydrogen-bond acceptors (Lipinski definition) is 5. The minimum Gasteiger partial charge on any atom is -0.383 e. The van der Waals surface area contributed by atoms with Gasteiger partial charge < -0.3 is 14.9 Å². The van der Waals surface area contributed by atoms with Gasteiger partial charge in [-0.15, -0.1) is 11.3 Å². The van der Waals surface area contributed by atoms with E-state index in [4.69, 9.17) is 4.52 Å². The number of amides is 1. The molecule has 0 aliphatic rings. The van der Waals surface area contributed by atoms with E-state index in [9.17, 15) is 9.90 Å². The van der Waals surface area contributed by atoms with Crippen molar-refractivity contribution in [3.63, 3.8) is 0 Å². The standard InChI is InChI=1S/C16H16N2O3S/c1-10-7-12(18-21-10)15(19)17-9-16(2,20)14-8-11-5-3-4-6-13(11)22-14/h3-8,20H,9H2,1-2H3,(H,17,19). The van der Waals surface area contributed by atoms with Crippen LogP contribution in [0.4, 0.5) is 0 Å². The van der Waals surface area contributed by atoms with Crippen molar-refractivity contribution in [1.29, 1.82) is 0 Å². The third-order valence-electron chi connectivity index (χ3n) is 3.41. The Balaban J connectivity index is 1.74. The van der Waals surface area contributed by atoms with E-state index in [0.29, 0.717) is 5.76 Å². The Morgan fingerprint density at radius 1 is 1.41 bits per heavy atom. The van der Waals surface area contributed by atoms with Crippen LogP contribution in [-0.2, 0) is 5.60 Å². The number of nitrogens with zero attached hydrogens (tertiary/aromatic N) is 1. The summed E-state index contributed by atoms with van der Waals surface area (Å²) in [7, 11) is 0. The minimum absolute atomic E-state index is 0.102. The molecule has 0 aliphatic heterocycles. The second-order valence-corrected chi connectivity index (χ2v) is 6.51. The van der Waals surface area contributed by atoms with Crippen LogP contribution in [0.2, 0.25) is 0 Å². The topological polar surface area (TPSA) is 75.4 Å². The molecule has 0 saturated heterocycles. The number of benzene rings is 1. The van der Waals surface area contributed by atoms with Gasteiger partial charge in [-0.05, 0) is 31.4 Å². The van der Waals surface area contributed by atoms with Gasteiger partial charge in [0.25, 0.3) is 5.91 Å². The van der Waals surface area contributed by atoms with Crippen LogP contribution in [0.25, 0.3) is 10.1 Å². The van der Waals surface area contributed by atoms with Crippen LogP contribution >= 0.6 is 11.3 Å². The largest absolute Gasteiger partial charge is 0.383 e. The molecule has 1 unspecified atom stereocenters. The first-order valence-electron chi connectivity index (χ1n) is 6.89. The smallest absolute Gasteiger partial charge is 0.273 e. The van der Waals surface area contributed by atoms with E-state index in [1.807, 2.05) is 30.3 Å². The van der Waals surface area contributed by atoms with Gasteiger partial charge in [-0.3, -0.25) is 4.79 Å². The van der Waals surface area contributed by atoms with E-state index in [1.165, 1.54) is 11.3 Å². The summed E-state index contributed by atoms with van der Waals surface area (Å²) in [5.41, 5.74) is -0.928. The molecule has 0 aliphatic carbocycles. The summed E-state index contributed by atoms with van der Waals surface area (Å²) in [5.74, 6) is 0.208. The highest BCUT2D eigenvalue weighted by Crippen LogP contribution is 2.32. The third kappa shape index (κ3) is 2.88. The molecule has 6 heteroatoms. The number of carbonyl (C=O) groups excluding carboxylic acids is 1. The number of aryl methyl sites for hydroxylation is 1. The number of aliphatic hydroxyl groups is 1. The summed E-state index contributed by atoms with van der Waals surface area (Å²) in [6.45, 7) is 3.51. The van der Waals surface area contributed by atoms with Crippen LogP contribution in [-0.4, -0.2) is 22.7 Å². The molecule has 0 spiro atoms. The quantitative estimate of drug-likeness (QED) is 0.776. The zero-order valence-corrected chi connectivity index (χ0v) is 13.1. The van der Waals surface area contributed by atoms with Crippen LogP contribution in [0.15, 0.2) is 40.9 Å². The number of carbonyl (C=O) groups is 1. The maximum Gasteiger partial charge on any atom is 0.273 e. The van der Waals surface area contributed by atoms with Crippen molar-refractivity contribution in [3.8, 4) is 0 Å². The van der Waals surface area contributed by atoms with Crippen molar-refractivity contribution in [1.82, 2.24) is 10.5 Å². The fourth-order valence-electron chi connectivity index (χ4n) is 2.15. The monoisotopic (exact) mass is 316 g/mol. The fourth-order valence-corrected chi connectivity index (χ4v) is 3.26. The second-order valence-electron chi connectivity index (χ2n) is 5.43. The first-order chi connectivity index (χ1) is 10.5. The molecule has 2 N–H and O–H groups in total. The second kappa shape index (κ2) is 5.55. The number of thiophene rings is 1. The van der Waals surface area contributed by atoms with E-state index in [2.05, 4.69) is 10.5 Å². The average Bonchev–Trinajstić information content (AvgIpc) is 3.11. The van der Waals surface area contributed by atoms with Gasteiger partial charge in [-0.1, -0.05) is 23.4 Å². The first kappa shape index (κ1) is 14.7. The van der Waals surface area contributed by atoms with Gasteiger partial charge in [0, 0.05) is 15.6 Å². The first-order valence-corrected chi connectivity index (χ1v) is 7.70. The van der Waals surface area contributed by atoms with Gasteiger partial charge in [0.2, 0.25) is 0 Å². The Kier molecular flexibility index (Phi) is 3.72. The zero-order valence-electron chi connectivity index (χ0n) is 12.3. The van der Waals surface area contributed by atoms with Crippen molar-refractivity contribution < 1.29 is 14.4 Å². The van der Waals surface area contributed by atoms with Gasteiger partial charge in [0.05, 0.1) is 6.54 Å². The molecule has 0 fully saturated rings. The van der Waals surface area contributed by atoms with E-state index >= 15 is 0 Å². The predicted octanol–water partition coefficient (Wildman–Crippen LogP) is 2.84. The van der Waals surface area contributed by atoms with Gasteiger partial charge in [0.1, 0.15) is 11.4 Å². The van der Waals surface area contributed by atoms with Crippen LogP contribution in [0.3, 0.4) is 0 Å². The number of hydrogen-bond donors (Lipinski definition) is 2.